The van der Waals surface area contributed by atoms with Gasteiger partial charge in [0.25, 0.3) is 0 Å². The molecule has 1 aliphatic rings. The Morgan fingerprint density at radius 2 is 2.06 bits per heavy atom. The van der Waals surface area contributed by atoms with E-state index in [2.05, 4.69) is 48.4 Å². The normalized spacial score (nSPS) is 23.3. The molecule has 0 fully saturated rings. The van der Waals surface area contributed by atoms with Crippen molar-refractivity contribution in [1.29, 1.82) is 0 Å². The Hall–Kier alpha value is -1.28. The minimum absolute atomic E-state index is 0.121. The molecule has 0 saturated heterocycles. The fourth-order valence-corrected chi connectivity index (χ4v) is 2.65. The molecule has 2 rings (SSSR count). The molecule has 2 heteroatoms. The first-order valence-corrected chi connectivity index (χ1v) is 6.88. The molecule has 1 atom stereocenters. The van der Waals surface area contributed by atoms with Crippen molar-refractivity contribution >= 4 is 0 Å². The van der Waals surface area contributed by atoms with Gasteiger partial charge in [-0.05, 0) is 24.6 Å². The number of allylic oxidation sites excluding steroid dienone is 1. The fraction of sp³-hybridized carbons (Fsp3) is 0.500. The molecule has 1 heterocycles. The van der Waals surface area contributed by atoms with E-state index in [0.29, 0.717) is 0 Å². The maximum absolute atomic E-state index is 9.88. The highest BCUT2D eigenvalue weighted by molar-refractivity contribution is 5.28. The lowest BCUT2D eigenvalue weighted by Gasteiger charge is -2.40. The van der Waals surface area contributed by atoms with Crippen molar-refractivity contribution in [3.8, 4) is 0 Å². The summed E-state index contributed by atoms with van der Waals surface area (Å²) in [4.78, 5) is 2.34. The number of hydrogen-bond acceptors (Lipinski definition) is 2. The Balaban J connectivity index is 2.16. The van der Waals surface area contributed by atoms with Crippen LogP contribution in [0.4, 0.5) is 0 Å². The zero-order chi connectivity index (χ0) is 12.8. The SMILES string of the molecule is CCCCN1C=CCC(CO)(c2ccccc2)C1. The van der Waals surface area contributed by atoms with Crippen LogP contribution >= 0.6 is 0 Å². The molecule has 2 nitrogen and oxygen atoms in total. The van der Waals surface area contributed by atoms with Crippen LogP contribution in [-0.4, -0.2) is 29.7 Å². The van der Waals surface area contributed by atoms with Crippen LogP contribution in [0.15, 0.2) is 42.6 Å². The molecule has 0 spiro atoms. The topological polar surface area (TPSA) is 23.5 Å². The van der Waals surface area contributed by atoms with Gasteiger partial charge in [0.1, 0.15) is 0 Å². The molecule has 0 aliphatic carbocycles. The van der Waals surface area contributed by atoms with E-state index in [-0.39, 0.29) is 12.0 Å². The highest BCUT2D eigenvalue weighted by Gasteiger charge is 2.34. The summed E-state index contributed by atoms with van der Waals surface area (Å²) in [6, 6.07) is 10.4. The number of aliphatic hydroxyl groups excluding tert-OH is 1. The smallest absolute Gasteiger partial charge is 0.0548 e. The summed E-state index contributed by atoms with van der Waals surface area (Å²) in [6.45, 7) is 4.43. The molecular formula is C16H23NO. The van der Waals surface area contributed by atoms with Crippen molar-refractivity contribution in [2.24, 2.45) is 0 Å². The van der Waals surface area contributed by atoms with Gasteiger partial charge >= 0.3 is 0 Å². The molecule has 0 radical (unpaired) electrons. The van der Waals surface area contributed by atoms with Gasteiger partial charge in [-0.25, -0.2) is 0 Å². The van der Waals surface area contributed by atoms with Gasteiger partial charge in [-0.2, -0.15) is 0 Å². The highest BCUT2D eigenvalue weighted by atomic mass is 16.3. The third-order valence-corrected chi connectivity index (χ3v) is 3.82. The van der Waals surface area contributed by atoms with Gasteiger partial charge in [-0.15, -0.1) is 0 Å². The van der Waals surface area contributed by atoms with E-state index < -0.39 is 0 Å². The number of benzene rings is 1. The van der Waals surface area contributed by atoms with Gasteiger partial charge < -0.3 is 10.0 Å². The molecular weight excluding hydrogens is 222 g/mol. The summed E-state index contributed by atoms with van der Waals surface area (Å²) < 4.78 is 0. The second-order valence-corrected chi connectivity index (χ2v) is 5.22. The molecule has 18 heavy (non-hydrogen) atoms. The van der Waals surface area contributed by atoms with Gasteiger partial charge in [-0.3, -0.25) is 0 Å². The van der Waals surface area contributed by atoms with Crippen molar-refractivity contribution in [2.45, 2.75) is 31.6 Å². The van der Waals surface area contributed by atoms with E-state index in [9.17, 15) is 5.11 Å². The van der Waals surface area contributed by atoms with Crippen LogP contribution in [0.2, 0.25) is 0 Å². The highest BCUT2D eigenvalue weighted by Crippen LogP contribution is 2.32. The van der Waals surface area contributed by atoms with E-state index in [1.54, 1.807) is 0 Å². The quantitative estimate of drug-likeness (QED) is 0.862. The van der Waals surface area contributed by atoms with E-state index >= 15 is 0 Å². The van der Waals surface area contributed by atoms with Crippen LogP contribution in [0.25, 0.3) is 0 Å². The Morgan fingerprint density at radius 1 is 1.28 bits per heavy atom. The monoisotopic (exact) mass is 245 g/mol. The Bertz CT molecular complexity index is 387. The maximum Gasteiger partial charge on any atom is 0.0548 e. The van der Waals surface area contributed by atoms with Gasteiger partial charge in [0.2, 0.25) is 0 Å². The van der Waals surface area contributed by atoms with Gasteiger partial charge in [0, 0.05) is 18.5 Å². The van der Waals surface area contributed by atoms with Crippen molar-refractivity contribution < 1.29 is 5.11 Å². The lowest BCUT2D eigenvalue weighted by Crippen LogP contribution is -2.44. The lowest BCUT2D eigenvalue weighted by molar-refractivity contribution is 0.146. The molecule has 98 valence electrons. The van der Waals surface area contributed by atoms with Crippen LogP contribution in [0.5, 0.6) is 0 Å². The maximum atomic E-state index is 9.88. The average Bonchev–Trinajstić information content (AvgIpc) is 2.46. The third-order valence-electron chi connectivity index (χ3n) is 3.82. The van der Waals surface area contributed by atoms with E-state index in [0.717, 1.165) is 19.5 Å². The van der Waals surface area contributed by atoms with Crippen LogP contribution < -0.4 is 0 Å². The number of nitrogens with zero attached hydrogens (tertiary/aromatic N) is 1. The summed E-state index contributed by atoms with van der Waals surface area (Å²) in [6.07, 6.45) is 7.73. The van der Waals surface area contributed by atoms with Crippen molar-refractivity contribution in [3.63, 3.8) is 0 Å². The molecule has 1 aliphatic heterocycles. The molecule has 0 bridgehead atoms. The first-order chi connectivity index (χ1) is 8.80. The average molecular weight is 245 g/mol. The lowest BCUT2D eigenvalue weighted by atomic mass is 9.76. The second-order valence-electron chi connectivity index (χ2n) is 5.22. The van der Waals surface area contributed by atoms with Crippen molar-refractivity contribution in [2.75, 3.05) is 19.7 Å². The Morgan fingerprint density at radius 3 is 2.72 bits per heavy atom. The van der Waals surface area contributed by atoms with Gasteiger partial charge in [0.05, 0.1) is 6.61 Å². The number of hydrogen-bond donors (Lipinski definition) is 1. The van der Waals surface area contributed by atoms with E-state index in [1.165, 1.54) is 18.4 Å². The molecule has 1 aromatic carbocycles. The van der Waals surface area contributed by atoms with Gasteiger partial charge in [0.15, 0.2) is 0 Å². The summed E-state index contributed by atoms with van der Waals surface area (Å²) in [5.41, 5.74) is 1.13. The molecule has 0 amide bonds. The molecule has 1 unspecified atom stereocenters. The zero-order valence-corrected chi connectivity index (χ0v) is 11.2. The van der Waals surface area contributed by atoms with Crippen molar-refractivity contribution in [1.82, 2.24) is 4.90 Å². The van der Waals surface area contributed by atoms with Crippen molar-refractivity contribution in [3.05, 3.63) is 48.2 Å². The van der Waals surface area contributed by atoms with Crippen LogP contribution in [-0.2, 0) is 5.41 Å². The minimum atomic E-state index is -0.121. The predicted octanol–water partition coefficient (Wildman–Crippen LogP) is 2.94. The van der Waals surface area contributed by atoms with E-state index in [1.807, 2.05) is 6.07 Å². The molecule has 0 saturated carbocycles. The first kappa shape index (κ1) is 13.2. The summed E-state index contributed by atoms with van der Waals surface area (Å²) in [5, 5.41) is 9.88. The minimum Gasteiger partial charge on any atom is -0.395 e. The summed E-state index contributed by atoms with van der Waals surface area (Å²) >= 11 is 0. The van der Waals surface area contributed by atoms with Crippen LogP contribution in [0.3, 0.4) is 0 Å². The van der Waals surface area contributed by atoms with Crippen LogP contribution in [0.1, 0.15) is 31.7 Å². The largest absolute Gasteiger partial charge is 0.395 e. The molecule has 1 aromatic rings. The number of unbranched alkanes of at least 4 members (excludes halogenated alkanes) is 1. The summed E-state index contributed by atoms with van der Waals surface area (Å²) in [5.74, 6) is 0. The second kappa shape index (κ2) is 6.05. The fourth-order valence-electron chi connectivity index (χ4n) is 2.65. The van der Waals surface area contributed by atoms with Gasteiger partial charge in [-0.1, -0.05) is 49.8 Å². The Labute approximate surface area is 110 Å². The summed E-state index contributed by atoms with van der Waals surface area (Å²) in [7, 11) is 0. The first-order valence-electron chi connectivity index (χ1n) is 6.88. The predicted molar refractivity (Wildman–Crippen MR) is 75.4 cm³/mol. The number of aliphatic hydroxyl groups is 1. The zero-order valence-electron chi connectivity index (χ0n) is 11.2. The third kappa shape index (κ3) is 2.75. The Kier molecular flexibility index (Phi) is 4.43. The van der Waals surface area contributed by atoms with Crippen LogP contribution in [0, 0.1) is 0 Å². The number of rotatable bonds is 5. The molecule has 0 aromatic heterocycles. The standard InChI is InChI=1S/C16H23NO/c1-2-3-11-17-12-7-10-16(13-17,14-18)15-8-5-4-6-9-15/h4-9,12,18H,2-3,10-11,13-14H2,1H3. The molecule has 1 N–H and O–H groups in total. The van der Waals surface area contributed by atoms with E-state index in [4.69, 9.17) is 0 Å².